The standard InChI is InChI=1S/C21H22FN3O2/c1-25-14-13-23-21(25)20(17-5-3-4-6-18(17)27-2)24-19(26)12-9-15-7-10-16(22)11-8-15/h3-8,10-11,13-14,20H,9,12H2,1-2H3,(H,24,26). The second-order valence-corrected chi connectivity index (χ2v) is 6.27. The maximum Gasteiger partial charge on any atom is 0.221 e. The molecule has 0 saturated heterocycles. The van der Waals surface area contributed by atoms with Gasteiger partial charge >= 0.3 is 0 Å². The van der Waals surface area contributed by atoms with Gasteiger partial charge in [0.15, 0.2) is 0 Å². The van der Waals surface area contributed by atoms with E-state index in [9.17, 15) is 9.18 Å². The van der Waals surface area contributed by atoms with Crippen molar-refractivity contribution in [2.24, 2.45) is 7.05 Å². The summed E-state index contributed by atoms with van der Waals surface area (Å²) in [5, 5.41) is 3.06. The van der Waals surface area contributed by atoms with E-state index in [4.69, 9.17) is 4.74 Å². The number of carbonyl (C=O) groups excluding carboxylic acids is 1. The summed E-state index contributed by atoms with van der Waals surface area (Å²) in [4.78, 5) is 17.0. The van der Waals surface area contributed by atoms with Gasteiger partial charge in [0, 0.05) is 31.4 Å². The minimum absolute atomic E-state index is 0.113. The molecule has 0 saturated carbocycles. The lowest BCUT2D eigenvalue weighted by Gasteiger charge is -2.21. The fourth-order valence-corrected chi connectivity index (χ4v) is 2.98. The third-order valence-electron chi connectivity index (χ3n) is 4.43. The average Bonchev–Trinajstić information content (AvgIpc) is 3.11. The molecule has 1 amide bonds. The first-order valence-corrected chi connectivity index (χ1v) is 8.72. The van der Waals surface area contributed by atoms with Crippen molar-refractivity contribution in [1.82, 2.24) is 14.9 Å². The van der Waals surface area contributed by atoms with Crippen molar-refractivity contribution in [3.63, 3.8) is 0 Å². The van der Waals surface area contributed by atoms with E-state index in [0.717, 1.165) is 17.0 Å². The minimum Gasteiger partial charge on any atom is -0.496 e. The number of halogens is 1. The van der Waals surface area contributed by atoms with Crippen LogP contribution in [0.1, 0.15) is 29.4 Å². The smallest absolute Gasteiger partial charge is 0.221 e. The van der Waals surface area contributed by atoms with Crippen LogP contribution in [-0.2, 0) is 18.3 Å². The molecular formula is C21H22FN3O2. The van der Waals surface area contributed by atoms with Crippen molar-refractivity contribution in [1.29, 1.82) is 0 Å². The maximum atomic E-state index is 13.0. The Morgan fingerprint density at radius 1 is 1.22 bits per heavy atom. The van der Waals surface area contributed by atoms with Crippen LogP contribution in [0, 0.1) is 5.82 Å². The number of aryl methyl sites for hydroxylation is 2. The summed E-state index contributed by atoms with van der Waals surface area (Å²) in [5.41, 5.74) is 1.75. The number of nitrogens with one attached hydrogen (secondary N) is 1. The van der Waals surface area contributed by atoms with E-state index in [2.05, 4.69) is 10.3 Å². The van der Waals surface area contributed by atoms with Gasteiger partial charge < -0.3 is 14.6 Å². The molecule has 0 aliphatic rings. The number of ether oxygens (including phenoxy) is 1. The number of nitrogens with zero attached hydrogens (tertiary/aromatic N) is 2. The van der Waals surface area contributed by atoms with E-state index in [1.54, 1.807) is 25.4 Å². The topological polar surface area (TPSA) is 56.1 Å². The van der Waals surface area contributed by atoms with Crippen LogP contribution in [-0.4, -0.2) is 22.6 Å². The van der Waals surface area contributed by atoms with Crippen LogP contribution in [0.3, 0.4) is 0 Å². The lowest BCUT2D eigenvalue weighted by molar-refractivity contribution is -0.121. The van der Waals surface area contributed by atoms with Gasteiger partial charge in [-0.2, -0.15) is 0 Å². The fraction of sp³-hybridized carbons (Fsp3) is 0.238. The molecule has 3 rings (SSSR count). The zero-order valence-corrected chi connectivity index (χ0v) is 15.4. The molecule has 0 aliphatic carbocycles. The molecule has 1 heterocycles. The molecule has 6 heteroatoms. The van der Waals surface area contributed by atoms with Gasteiger partial charge in [-0.3, -0.25) is 4.79 Å². The van der Waals surface area contributed by atoms with Gasteiger partial charge in [0.1, 0.15) is 23.4 Å². The number of benzene rings is 2. The van der Waals surface area contributed by atoms with Gasteiger partial charge in [0.25, 0.3) is 0 Å². The van der Waals surface area contributed by atoms with Gasteiger partial charge in [-0.15, -0.1) is 0 Å². The Morgan fingerprint density at radius 2 is 1.96 bits per heavy atom. The number of methoxy groups -OCH3 is 1. The number of hydrogen-bond acceptors (Lipinski definition) is 3. The molecule has 1 unspecified atom stereocenters. The Bertz CT molecular complexity index is 906. The summed E-state index contributed by atoms with van der Waals surface area (Å²) in [7, 11) is 3.49. The summed E-state index contributed by atoms with van der Waals surface area (Å²) in [5.74, 6) is 1.01. The quantitative estimate of drug-likeness (QED) is 0.696. The Hall–Kier alpha value is -3.15. The highest BCUT2D eigenvalue weighted by atomic mass is 19.1. The van der Waals surface area contributed by atoms with Crippen molar-refractivity contribution < 1.29 is 13.9 Å². The molecule has 0 radical (unpaired) electrons. The Balaban J connectivity index is 1.78. The van der Waals surface area contributed by atoms with Gasteiger partial charge in [0.05, 0.1) is 7.11 Å². The van der Waals surface area contributed by atoms with Crippen LogP contribution in [0.15, 0.2) is 60.9 Å². The Morgan fingerprint density at radius 3 is 2.63 bits per heavy atom. The molecule has 0 fully saturated rings. The highest BCUT2D eigenvalue weighted by Gasteiger charge is 2.23. The first-order valence-electron chi connectivity index (χ1n) is 8.72. The first kappa shape index (κ1) is 18.6. The van der Waals surface area contributed by atoms with Crippen LogP contribution in [0.5, 0.6) is 5.75 Å². The van der Waals surface area contributed by atoms with Crippen LogP contribution in [0.25, 0.3) is 0 Å². The number of carbonyl (C=O) groups is 1. The monoisotopic (exact) mass is 367 g/mol. The molecule has 0 spiro atoms. The van der Waals surface area contributed by atoms with E-state index in [1.165, 1.54) is 12.1 Å². The largest absolute Gasteiger partial charge is 0.496 e. The SMILES string of the molecule is COc1ccccc1C(NC(=O)CCc1ccc(F)cc1)c1nccn1C. The zero-order valence-electron chi connectivity index (χ0n) is 15.4. The molecule has 27 heavy (non-hydrogen) atoms. The van der Waals surface area contributed by atoms with Crippen LogP contribution in [0.2, 0.25) is 0 Å². The summed E-state index contributed by atoms with van der Waals surface area (Å²) in [6.07, 6.45) is 4.36. The molecule has 1 N–H and O–H groups in total. The molecule has 0 bridgehead atoms. The maximum absolute atomic E-state index is 13.0. The van der Waals surface area contributed by atoms with Crippen molar-refractivity contribution in [3.8, 4) is 5.75 Å². The molecule has 5 nitrogen and oxygen atoms in total. The normalized spacial score (nSPS) is 11.8. The van der Waals surface area contributed by atoms with Gasteiger partial charge in [-0.05, 0) is 30.2 Å². The number of hydrogen-bond donors (Lipinski definition) is 1. The van der Waals surface area contributed by atoms with Crippen LogP contribution >= 0.6 is 0 Å². The number of rotatable bonds is 7. The Kier molecular flexibility index (Phi) is 5.86. The highest BCUT2D eigenvalue weighted by molar-refractivity contribution is 5.77. The Labute approximate surface area is 157 Å². The van der Waals surface area contributed by atoms with E-state index >= 15 is 0 Å². The summed E-state index contributed by atoms with van der Waals surface area (Å²) < 4.78 is 20.3. The van der Waals surface area contributed by atoms with E-state index in [0.29, 0.717) is 18.6 Å². The second-order valence-electron chi connectivity index (χ2n) is 6.27. The number of aromatic nitrogens is 2. The van der Waals surface area contributed by atoms with E-state index in [-0.39, 0.29) is 11.7 Å². The van der Waals surface area contributed by atoms with Crippen molar-refractivity contribution >= 4 is 5.91 Å². The molecule has 1 aromatic heterocycles. The molecule has 2 aromatic carbocycles. The third-order valence-corrected chi connectivity index (χ3v) is 4.43. The third kappa shape index (κ3) is 4.53. The summed E-state index contributed by atoms with van der Waals surface area (Å²) in [6.45, 7) is 0. The predicted octanol–water partition coefficient (Wildman–Crippen LogP) is 3.41. The molecular weight excluding hydrogens is 345 g/mol. The number of imidazole rings is 1. The van der Waals surface area contributed by atoms with E-state index < -0.39 is 6.04 Å². The van der Waals surface area contributed by atoms with Gasteiger partial charge in [0.2, 0.25) is 5.91 Å². The fourth-order valence-electron chi connectivity index (χ4n) is 2.98. The predicted molar refractivity (Wildman–Crippen MR) is 101 cm³/mol. The zero-order chi connectivity index (χ0) is 19.2. The van der Waals surface area contributed by atoms with Crippen molar-refractivity contribution in [3.05, 3.63) is 83.7 Å². The van der Waals surface area contributed by atoms with Gasteiger partial charge in [-0.1, -0.05) is 30.3 Å². The molecule has 3 aromatic rings. The second kappa shape index (κ2) is 8.49. The summed E-state index contributed by atoms with van der Waals surface area (Å²) >= 11 is 0. The van der Waals surface area contributed by atoms with Crippen molar-refractivity contribution in [2.45, 2.75) is 18.9 Å². The van der Waals surface area contributed by atoms with Crippen LogP contribution < -0.4 is 10.1 Å². The van der Waals surface area contributed by atoms with Crippen molar-refractivity contribution in [2.75, 3.05) is 7.11 Å². The molecule has 1 atom stereocenters. The summed E-state index contributed by atoms with van der Waals surface area (Å²) in [6, 6.07) is 13.3. The lowest BCUT2D eigenvalue weighted by atomic mass is 10.0. The average molecular weight is 367 g/mol. The van der Waals surface area contributed by atoms with E-state index in [1.807, 2.05) is 42.1 Å². The lowest BCUT2D eigenvalue weighted by Crippen LogP contribution is -2.31. The number of para-hydroxylation sites is 1. The van der Waals surface area contributed by atoms with Crippen LogP contribution in [0.4, 0.5) is 4.39 Å². The molecule has 140 valence electrons. The highest BCUT2D eigenvalue weighted by Crippen LogP contribution is 2.29. The number of amides is 1. The molecule has 0 aliphatic heterocycles. The van der Waals surface area contributed by atoms with Gasteiger partial charge in [-0.25, -0.2) is 9.37 Å². The minimum atomic E-state index is -0.429. The first-order chi connectivity index (χ1) is 13.1.